The number of halogens is 1. The van der Waals surface area contributed by atoms with E-state index in [0.29, 0.717) is 15.3 Å². The Labute approximate surface area is 210 Å². The minimum atomic E-state index is -4.43. The maximum atomic E-state index is 13.8. The molecule has 0 bridgehead atoms. The number of aromatic nitrogens is 1. The van der Waals surface area contributed by atoms with E-state index >= 15 is 0 Å². The first-order chi connectivity index (χ1) is 16.7. The third-order valence-electron chi connectivity index (χ3n) is 5.39. The Kier molecular flexibility index (Phi) is 6.51. The van der Waals surface area contributed by atoms with E-state index in [1.807, 2.05) is 0 Å². The number of methoxy groups -OCH3 is 1. The van der Waals surface area contributed by atoms with E-state index in [2.05, 4.69) is 15.9 Å². The molecule has 4 aromatic rings. The van der Waals surface area contributed by atoms with Gasteiger partial charge in [-0.25, -0.2) is 12.4 Å². The summed E-state index contributed by atoms with van der Waals surface area (Å²) in [6, 6.07) is 20.4. The van der Waals surface area contributed by atoms with E-state index in [0.717, 1.165) is 4.47 Å². The second-order valence-electron chi connectivity index (χ2n) is 7.50. The van der Waals surface area contributed by atoms with E-state index in [1.165, 1.54) is 31.4 Å². The molecule has 10 heteroatoms. The summed E-state index contributed by atoms with van der Waals surface area (Å²) in [7, 11) is -2.98. The first-order valence-corrected chi connectivity index (χ1v) is 12.5. The Hall–Kier alpha value is -3.89. The largest absolute Gasteiger partial charge is 0.497 e. The highest BCUT2D eigenvalue weighted by molar-refractivity contribution is 9.10. The molecule has 1 aromatic heterocycles. The maximum absolute atomic E-state index is 13.8. The van der Waals surface area contributed by atoms with E-state index < -0.39 is 27.5 Å². The fourth-order valence-corrected chi connectivity index (χ4v) is 5.47. The zero-order chi connectivity index (χ0) is 25.3. The van der Waals surface area contributed by atoms with Crippen LogP contribution in [0.25, 0.3) is 11.1 Å². The molecule has 0 fully saturated rings. The van der Waals surface area contributed by atoms with Gasteiger partial charge in [0.1, 0.15) is 17.3 Å². The van der Waals surface area contributed by atoms with Gasteiger partial charge in [0.25, 0.3) is 15.9 Å². The van der Waals surface area contributed by atoms with Crippen LogP contribution in [-0.2, 0) is 10.0 Å². The summed E-state index contributed by atoms with van der Waals surface area (Å²) in [6.45, 7) is 0. The number of benzene rings is 3. The van der Waals surface area contributed by atoms with E-state index in [-0.39, 0.29) is 27.3 Å². The van der Waals surface area contributed by atoms with Gasteiger partial charge in [0.15, 0.2) is 0 Å². The molecule has 35 heavy (non-hydrogen) atoms. The predicted octanol–water partition coefficient (Wildman–Crippen LogP) is 4.08. The summed E-state index contributed by atoms with van der Waals surface area (Å²) in [6.07, 6.45) is 0. The number of nitrogens with zero attached hydrogens (tertiary/aromatic N) is 1. The topological polar surface area (TPSA) is 134 Å². The molecule has 1 amide bonds. The first-order valence-electron chi connectivity index (χ1n) is 10.3. The van der Waals surface area contributed by atoms with Gasteiger partial charge < -0.3 is 16.2 Å². The second kappa shape index (κ2) is 9.40. The summed E-state index contributed by atoms with van der Waals surface area (Å²) in [5.41, 5.74) is 12.0. The third-order valence-corrected chi connectivity index (χ3v) is 7.65. The lowest BCUT2D eigenvalue weighted by atomic mass is 9.96. The Morgan fingerprint density at radius 2 is 1.51 bits per heavy atom. The van der Waals surface area contributed by atoms with Crippen molar-refractivity contribution in [3.05, 3.63) is 100 Å². The molecule has 0 unspecified atom stereocenters. The third kappa shape index (κ3) is 4.33. The Balaban J connectivity index is 2.11. The molecule has 4 N–H and O–H groups in total. The van der Waals surface area contributed by atoms with Gasteiger partial charge in [-0.15, -0.1) is 0 Å². The van der Waals surface area contributed by atoms with Crippen LogP contribution in [0.1, 0.15) is 26.4 Å². The summed E-state index contributed by atoms with van der Waals surface area (Å²) in [5.74, 6) is -1.62. The van der Waals surface area contributed by atoms with Crippen molar-refractivity contribution in [3.8, 4) is 16.9 Å². The van der Waals surface area contributed by atoms with Crippen molar-refractivity contribution in [2.45, 2.75) is 4.90 Å². The summed E-state index contributed by atoms with van der Waals surface area (Å²) in [5, 5.41) is 0. The number of ether oxygens (including phenoxy) is 1. The normalized spacial score (nSPS) is 11.3. The number of amides is 1. The monoisotopic (exact) mass is 553 g/mol. The zero-order valence-electron chi connectivity index (χ0n) is 18.4. The number of nitrogens with two attached hydrogens (primary N) is 2. The first kappa shape index (κ1) is 24.2. The van der Waals surface area contributed by atoms with Crippen molar-refractivity contribution in [2.24, 2.45) is 5.73 Å². The van der Waals surface area contributed by atoms with Crippen molar-refractivity contribution >= 4 is 43.5 Å². The number of carbonyl (C=O) groups is 2. The molecule has 178 valence electrons. The maximum Gasteiger partial charge on any atom is 0.269 e. The van der Waals surface area contributed by atoms with Gasteiger partial charge >= 0.3 is 0 Å². The fraction of sp³-hybridized carbons (Fsp3) is 0.0400. The van der Waals surface area contributed by atoms with Crippen LogP contribution < -0.4 is 16.2 Å². The average Bonchev–Trinajstić information content (AvgIpc) is 3.18. The summed E-state index contributed by atoms with van der Waals surface area (Å²) >= 11 is 3.35. The van der Waals surface area contributed by atoms with Crippen LogP contribution in [0.4, 0.5) is 5.82 Å². The molecule has 0 saturated heterocycles. The fourth-order valence-electron chi connectivity index (χ4n) is 3.75. The molecular formula is C25H20BrN3O5S. The Bertz CT molecular complexity index is 1530. The molecule has 0 atom stereocenters. The highest BCUT2D eigenvalue weighted by atomic mass is 79.9. The quantitative estimate of drug-likeness (QED) is 0.331. The molecule has 0 aliphatic carbocycles. The number of ketones is 1. The molecule has 0 aliphatic rings. The molecule has 8 nitrogen and oxygen atoms in total. The number of rotatable bonds is 7. The van der Waals surface area contributed by atoms with Crippen molar-refractivity contribution < 1.29 is 22.7 Å². The lowest BCUT2D eigenvalue weighted by molar-refractivity contribution is 0.100. The van der Waals surface area contributed by atoms with Crippen molar-refractivity contribution in [3.63, 3.8) is 0 Å². The minimum absolute atomic E-state index is 0.0356. The van der Waals surface area contributed by atoms with Crippen molar-refractivity contribution in [2.75, 3.05) is 12.8 Å². The van der Waals surface area contributed by atoms with Gasteiger partial charge in [-0.2, -0.15) is 0 Å². The van der Waals surface area contributed by atoms with Crippen molar-refractivity contribution in [1.29, 1.82) is 0 Å². The van der Waals surface area contributed by atoms with Crippen LogP contribution >= 0.6 is 15.9 Å². The molecule has 3 aromatic carbocycles. The van der Waals surface area contributed by atoms with Crippen LogP contribution in [0.15, 0.2) is 88.2 Å². The van der Waals surface area contributed by atoms with Gasteiger partial charge in [-0.1, -0.05) is 58.4 Å². The second-order valence-corrected chi connectivity index (χ2v) is 10.2. The number of primary amides is 1. The average molecular weight is 554 g/mol. The Morgan fingerprint density at radius 1 is 0.914 bits per heavy atom. The summed E-state index contributed by atoms with van der Waals surface area (Å²) < 4.78 is 34.2. The van der Waals surface area contributed by atoms with Gasteiger partial charge in [-0.05, 0) is 42.0 Å². The van der Waals surface area contributed by atoms with Gasteiger partial charge in [-0.3, -0.25) is 9.59 Å². The van der Waals surface area contributed by atoms with Crippen LogP contribution in [0, 0.1) is 0 Å². The van der Waals surface area contributed by atoms with E-state index in [4.69, 9.17) is 16.2 Å². The number of hydrogen-bond donors (Lipinski definition) is 2. The molecule has 4 rings (SSSR count). The molecule has 0 aliphatic heterocycles. The minimum Gasteiger partial charge on any atom is -0.497 e. The van der Waals surface area contributed by atoms with Crippen LogP contribution in [0.3, 0.4) is 0 Å². The summed E-state index contributed by atoms with van der Waals surface area (Å²) in [4.78, 5) is 26.2. The lowest BCUT2D eigenvalue weighted by Crippen LogP contribution is -2.21. The number of anilines is 1. The molecule has 0 radical (unpaired) electrons. The van der Waals surface area contributed by atoms with Crippen molar-refractivity contribution in [1.82, 2.24) is 3.97 Å². The number of nitrogen functional groups attached to an aromatic ring is 1. The Morgan fingerprint density at radius 3 is 2.06 bits per heavy atom. The van der Waals surface area contributed by atoms with Crippen LogP contribution in [0.5, 0.6) is 5.75 Å². The highest BCUT2D eigenvalue weighted by Crippen LogP contribution is 2.38. The molecule has 0 saturated carbocycles. The molecule has 1 heterocycles. The van der Waals surface area contributed by atoms with Gasteiger partial charge in [0, 0.05) is 15.6 Å². The van der Waals surface area contributed by atoms with Gasteiger partial charge in [0.05, 0.1) is 17.6 Å². The van der Waals surface area contributed by atoms with E-state index in [1.54, 1.807) is 54.6 Å². The number of carbonyl (C=O) groups excluding carboxylic acids is 2. The molecular weight excluding hydrogens is 534 g/mol. The van der Waals surface area contributed by atoms with Gasteiger partial charge in [0.2, 0.25) is 5.78 Å². The standard InChI is InChI=1S/C25H20BrN3O5S/c1-34-18-11-13-19(14-12-18)35(32,33)29-22(23(30)16-5-3-2-4-6-16)20(21(24(29)27)25(28)31)15-7-9-17(26)10-8-15/h2-14H,27H2,1H3,(H2,28,31). The number of hydrogen-bond acceptors (Lipinski definition) is 6. The predicted molar refractivity (Wildman–Crippen MR) is 136 cm³/mol. The SMILES string of the molecule is COc1ccc(S(=O)(=O)n2c(N)c(C(N)=O)c(-c3ccc(Br)cc3)c2C(=O)c2ccccc2)cc1. The van der Waals surface area contributed by atoms with E-state index in [9.17, 15) is 18.0 Å². The van der Waals surface area contributed by atoms with Crippen LogP contribution in [-0.4, -0.2) is 31.2 Å². The smallest absolute Gasteiger partial charge is 0.269 e. The lowest BCUT2D eigenvalue weighted by Gasteiger charge is -2.13. The zero-order valence-corrected chi connectivity index (χ0v) is 20.8. The van der Waals surface area contributed by atoms with Crippen LogP contribution in [0.2, 0.25) is 0 Å². The molecule has 0 spiro atoms. The highest BCUT2D eigenvalue weighted by Gasteiger charge is 2.35.